The van der Waals surface area contributed by atoms with Crippen LogP contribution < -0.4 is 21.3 Å². The van der Waals surface area contributed by atoms with Crippen LogP contribution in [0.5, 0.6) is 0 Å². The number of aliphatic imine (C=N–C) groups is 1. The molecule has 1 heterocycles. The third-order valence-electron chi connectivity index (χ3n) is 8.13. The lowest BCUT2D eigenvalue weighted by Crippen LogP contribution is -2.52. The minimum atomic E-state index is -4.87. The number of anilines is 1. The third-order valence-corrected chi connectivity index (χ3v) is 8.13. The Kier molecular flexibility index (Phi) is 14.2. The van der Waals surface area contributed by atoms with Crippen LogP contribution in [0.1, 0.15) is 71.4 Å². The van der Waals surface area contributed by atoms with Gasteiger partial charge in [-0.05, 0) is 45.6 Å². The van der Waals surface area contributed by atoms with Gasteiger partial charge in [-0.25, -0.2) is 14.6 Å². The highest BCUT2D eigenvalue weighted by atomic mass is 19.4. The van der Waals surface area contributed by atoms with Crippen molar-refractivity contribution in [3.8, 4) is 0 Å². The summed E-state index contributed by atoms with van der Waals surface area (Å²) in [5.41, 5.74) is 5.39. The third kappa shape index (κ3) is 12.8. The topological polar surface area (TPSA) is 169 Å². The molecule has 4 N–H and O–H groups in total. The highest BCUT2D eigenvalue weighted by molar-refractivity contribution is 6.20. The second-order valence-electron chi connectivity index (χ2n) is 13.9. The number of carbonyl (C=O) groups excluding carboxylic acids is 5. The molecule has 18 heteroatoms. The Labute approximate surface area is 307 Å². The number of esters is 1. The van der Waals surface area contributed by atoms with E-state index >= 15 is 0 Å². The van der Waals surface area contributed by atoms with Crippen molar-refractivity contribution in [2.24, 2.45) is 28.5 Å². The first-order valence-electron chi connectivity index (χ1n) is 16.9. The van der Waals surface area contributed by atoms with E-state index in [1.807, 2.05) is 0 Å². The molecule has 0 saturated carbocycles. The summed E-state index contributed by atoms with van der Waals surface area (Å²) in [6, 6.07) is 13.2. The van der Waals surface area contributed by atoms with Crippen LogP contribution in [0, 0.1) is 17.8 Å². The summed E-state index contributed by atoms with van der Waals surface area (Å²) in [6.45, 7) is 7.27. The Bertz CT molecular complexity index is 1690. The fourth-order valence-corrected chi connectivity index (χ4v) is 5.57. The molecule has 4 atom stereocenters. The van der Waals surface area contributed by atoms with Crippen LogP contribution in [0.3, 0.4) is 0 Å². The van der Waals surface area contributed by atoms with E-state index in [1.54, 1.807) is 83.1 Å². The summed E-state index contributed by atoms with van der Waals surface area (Å²) < 4.78 is 90.3. The second-order valence-corrected chi connectivity index (χ2v) is 13.9. The first-order valence-corrected chi connectivity index (χ1v) is 16.9. The first-order chi connectivity index (χ1) is 25.0. The van der Waals surface area contributed by atoms with Gasteiger partial charge >= 0.3 is 24.4 Å². The standard InChI is InChI=1S/C36H43F6N5O7/c1-20(2)26(45-33(52)54-34(3,4)5)32(51)53-19-47-25-14-10-9-13-24(25)27(21-11-7-6-8-12-21)44-29(31(47)50)46-30(49)23(16-18-36(40,41)42)22(28(43)48)15-17-35(37,38)39/h6-14,20,22-23,26,29H,15-19H2,1-5H3,(H2,43,48)(H,45,52)(H,46,49)/t22-,23+,26?,29+/m0/s1. The number of alkyl halides is 6. The summed E-state index contributed by atoms with van der Waals surface area (Å²) >= 11 is 0. The number of nitrogens with one attached hydrogen (secondary N) is 2. The van der Waals surface area contributed by atoms with Gasteiger partial charge in [-0.1, -0.05) is 62.4 Å². The van der Waals surface area contributed by atoms with Gasteiger partial charge in [0, 0.05) is 35.8 Å². The van der Waals surface area contributed by atoms with Crippen LogP contribution in [-0.4, -0.2) is 72.4 Å². The van der Waals surface area contributed by atoms with Crippen molar-refractivity contribution in [3.05, 3.63) is 65.7 Å². The molecule has 4 amide bonds. The highest BCUT2D eigenvalue weighted by Gasteiger charge is 2.42. The molecule has 54 heavy (non-hydrogen) atoms. The molecular weight excluding hydrogens is 728 g/mol. The number of benzodiazepines with no additional fused rings is 1. The number of nitrogens with two attached hydrogens (primary N) is 1. The number of hydrogen-bond donors (Lipinski definition) is 3. The predicted molar refractivity (Wildman–Crippen MR) is 184 cm³/mol. The molecule has 0 bridgehead atoms. The lowest BCUT2D eigenvalue weighted by molar-refractivity contribution is -0.152. The Hall–Kier alpha value is -5.16. The number of amides is 4. The molecule has 1 unspecified atom stereocenters. The fourth-order valence-electron chi connectivity index (χ4n) is 5.57. The van der Waals surface area contributed by atoms with Gasteiger partial charge in [0.1, 0.15) is 11.6 Å². The molecule has 12 nitrogen and oxygen atoms in total. The van der Waals surface area contributed by atoms with Gasteiger partial charge in [-0.2, -0.15) is 26.3 Å². The van der Waals surface area contributed by atoms with E-state index in [2.05, 4.69) is 15.6 Å². The Morgan fingerprint density at radius 3 is 1.96 bits per heavy atom. The quantitative estimate of drug-likeness (QED) is 0.162. The number of hydrogen-bond acceptors (Lipinski definition) is 8. The van der Waals surface area contributed by atoms with Crippen molar-refractivity contribution in [2.45, 2.75) is 90.5 Å². The van der Waals surface area contributed by atoms with Gasteiger partial charge in [-0.3, -0.25) is 19.3 Å². The zero-order valence-corrected chi connectivity index (χ0v) is 30.2. The van der Waals surface area contributed by atoms with Crippen LogP contribution in [0.25, 0.3) is 0 Å². The van der Waals surface area contributed by atoms with Gasteiger partial charge in [0.25, 0.3) is 5.91 Å². The van der Waals surface area contributed by atoms with E-state index in [0.29, 0.717) is 11.1 Å². The zero-order valence-electron chi connectivity index (χ0n) is 30.2. The lowest BCUT2D eigenvalue weighted by Gasteiger charge is -2.29. The number of halogens is 6. The summed E-state index contributed by atoms with van der Waals surface area (Å²) in [7, 11) is 0. The molecule has 0 spiro atoms. The average Bonchev–Trinajstić information content (AvgIpc) is 3.16. The molecular formula is C36H43F6N5O7. The molecule has 0 aromatic heterocycles. The van der Waals surface area contributed by atoms with Crippen molar-refractivity contribution in [2.75, 3.05) is 11.6 Å². The first kappa shape index (κ1) is 43.2. The summed E-state index contributed by atoms with van der Waals surface area (Å²) in [5, 5.41) is 4.66. The van der Waals surface area contributed by atoms with Crippen LogP contribution in [0.4, 0.5) is 36.8 Å². The number of para-hydroxylation sites is 1. The minimum absolute atomic E-state index is 0.112. The van der Waals surface area contributed by atoms with Crippen LogP contribution in [0.15, 0.2) is 59.6 Å². The number of carbonyl (C=O) groups is 5. The molecule has 296 valence electrons. The van der Waals surface area contributed by atoms with Gasteiger partial charge < -0.3 is 25.8 Å². The average molecular weight is 772 g/mol. The summed E-state index contributed by atoms with van der Waals surface area (Å²) in [5.74, 6) is -9.43. The van der Waals surface area contributed by atoms with Crippen molar-refractivity contribution >= 4 is 41.2 Å². The molecule has 0 radical (unpaired) electrons. The smallest absolute Gasteiger partial charge is 0.408 e. The number of fused-ring (bicyclic) bond motifs is 1. The molecule has 1 aliphatic heterocycles. The van der Waals surface area contributed by atoms with E-state index < -0.39 is 110 Å². The molecule has 0 aliphatic carbocycles. The lowest BCUT2D eigenvalue weighted by atomic mass is 9.83. The maximum atomic E-state index is 14.3. The Balaban J connectivity index is 2.06. The van der Waals surface area contributed by atoms with Gasteiger partial charge in [-0.15, -0.1) is 0 Å². The van der Waals surface area contributed by atoms with Gasteiger partial charge in [0.05, 0.1) is 11.4 Å². The van der Waals surface area contributed by atoms with Crippen LogP contribution in [0.2, 0.25) is 0 Å². The SMILES string of the molecule is CC(C)C(NC(=O)OC(C)(C)C)C(=O)OCN1C(=O)[C@@H](NC(=O)[C@H](CCC(F)(F)F)[C@H](CCC(F)(F)F)C(N)=O)N=C(c2ccccc2)c2ccccc21. The minimum Gasteiger partial charge on any atom is -0.444 e. The van der Waals surface area contributed by atoms with E-state index in [0.717, 1.165) is 4.90 Å². The zero-order chi connectivity index (χ0) is 40.6. The maximum Gasteiger partial charge on any atom is 0.408 e. The van der Waals surface area contributed by atoms with Crippen LogP contribution >= 0.6 is 0 Å². The van der Waals surface area contributed by atoms with Crippen molar-refractivity contribution in [1.82, 2.24) is 10.6 Å². The number of primary amides is 1. The predicted octanol–water partition coefficient (Wildman–Crippen LogP) is 5.77. The van der Waals surface area contributed by atoms with Gasteiger partial charge in [0.15, 0.2) is 6.73 Å². The number of benzene rings is 2. The molecule has 0 fully saturated rings. The Morgan fingerprint density at radius 1 is 0.870 bits per heavy atom. The fraction of sp³-hybridized carbons (Fsp3) is 0.500. The van der Waals surface area contributed by atoms with Crippen LogP contribution in [-0.2, 0) is 28.7 Å². The number of rotatable bonds is 14. The van der Waals surface area contributed by atoms with E-state index in [-0.39, 0.29) is 11.4 Å². The molecule has 1 aliphatic rings. The highest BCUT2D eigenvalue weighted by Crippen LogP contribution is 2.34. The normalized spacial score (nSPS) is 16.7. The van der Waals surface area contributed by atoms with E-state index in [1.165, 1.54) is 6.07 Å². The number of alkyl carbamates (subject to hydrolysis) is 1. The molecule has 0 saturated heterocycles. The van der Waals surface area contributed by atoms with Crippen molar-refractivity contribution < 1.29 is 59.8 Å². The van der Waals surface area contributed by atoms with E-state index in [4.69, 9.17) is 15.2 Å². The molecule has 2 aromatic rings. The number of ether oxygens (including phenoxy) is 2. The second kappa shape index (κ2) is 17.8. The Morgan fingerprint density at radius 2 is 1.43 bits per heavy atom. The van der Waals surface area contributed by atoms with E-state index in [9.17, 15) is 50.3 Å². The number of nitrogens with zero attached hydrogens (tertiary/aromatic N) is 2. The largest absolute Gasteiger partial charge is 0.444 e. The van der Waals surface area contributed by atoms with Crippen molar-refractivity contribution in [3.63, 3.8) is 0 Å². The molecule has 2 aromatic carbocycles. The molecule has 3 rings (SSSR count). The van der Waals surface area contributed by atoms with Crippen molar-refractivity contribution in [1.29, 1.82) is 0 Å². The summed E-state index contributed by atoms with van der Waals surface area (Å²) in [6.07, 6.45) is -18.1. The maximum absolute atomic E-state index is 14.3. The van der Waals surface area contributed by atoms with Gasteiger partial charge in [0.2, 0.25) is 18.0 Å². The summed E-state index contributed by atoms with van der Waals surface area (Å²) in [4.78, 5) is 71.6. The monoisotopic (exact) mass is 771 g/mol.